The third-order valence-corrected chi connectivity index (χ3v) is 3.88. The van der Waals surface area contributed by atoms with Crippen LogP contribution < -0.4 is 5.32 Å². The van der Waals surface area contributed by atoms with Crippen molar-refractivity contribution < 1.29 is 9.53 Å². The van der Waals surface area contributed by atoms with E-state index in [1.165, 1.54) is 24.7 Å². The van der Waals surface area contributed by atoms with Crippen molar-refractivity contribution in [3.8, 4) is 0 Å². The van der Waals surface area contributed by atoms with Crippen molar-refractivity contribution >= 4 is 5.97 Å². The second-order valence-electron chi connectivity index (χ2n) is 4.62. The van der Waals surface area contributed by atoms with Crippen molar-refractivity contribution in [2.75, 3.05) is 13.7 Å². The van der Waals surface area contributed by atoms with Gasteiger partial charge in [0.1, 0.15) is 0 Å². The molecule has 0 aromatic heterocycles. The maximum atomic E-state index is 11.5. The van der Waals surface area contributed by atoms with Crippen molar-refractivity contribution in [1.29, 1.82) is 0 Å². The molecule has 3 nitrogen and oxygen atoms in total. The molecule has 2 aliphatic rings. The van der Waals surface area contributed by atoms with Crippen LogP contribution in [0.5, 0.6) is 0 Å². The van der Waals surface area contributed by atoms with Crippen LogP contribution in [-0.4, -0.2) is 19.6 Å². The van der Waals surface area contributed by atoms with Gasteiger partial charge in [-0.25, -0.2) is 4.79 Å². The number of rotatable bonds is 1. The fraction of sp³-hybridized carbons (Fsp3) is 0.462. The van der Waals surface area contributed by atoms with Crippen molar-refractivity contribution in [3.05, 3.63) is 34.9 Å². The summed E-state index contributed by atoms with van der Waals surface area (Å²) in [7, 11) is 1.42. The maximum absolute atomic E-state index is 11.5. The highest BCUT2D eigenvalue weighted by Gasteiger charge is 2.43. The Morgan fingerprint density at radius 3 is 2.88 bits per heavy atom. The van der Waals surface area contributed by atoms with Crippen LogP contribution in [0.1, 0.15) is 34.3 Å². The van der Waals surface area contributed by atoms with Crippen LogP contribution in [0.15, 0.2) is 18.2 Å². The summed E-state index contributed by atoms with van der Waals surface area (Å²) >= 11 is 0. The largest absolute Gasteiger partial charge is 0.465 e. The molecule has 1 aromatic carbocycles. The Morgan fingerprint density at radius 2 is 2.25 bits per heavy atom. The second kappa shape index (κ2) is 3.32. The molecule has 3 heteroatoms. The number of methoxy groups -OCH3 is 1. The summed E-state index contributed by atoms with van der Waals surface area (Å²) < 4.78 is 4.76. The number of carbonyl (C=O) groups excluding carboxylic acids is 1. The Balaban J connectivity index is 2.03. The van der Waals surface area contributed by atoms with Crippen LogP contribution in [0.25, 0.3) is 0 Å². The van der Waals surface area contributed by atoms with Crippen molar-refractivity contribution in [1.82, 2.24) is 5.32 Å². The quantitative estimate of drug-likeness (QED) is 0.726. The fourth-order valence-electron chi connectivity index (χ4n) is 2.84. The van der Waals surface area contributed by atoms with Gasteiger partial charge in [0.15, 0.2) is 0 Å². The Morgan fingerprint density at radius 1 is 1.44 bits per heavy atom. The molecule has 1 aromatic rings. The molecule has 1 aliphatic carbocycles. The second-order valence-corrected chi connectivity index (χ2v) is 4.62. The normalized spacial score (nSPS) is 26.3. The number of fused-ring (bicyclic) bond motifs is 2. The monoisotopic (exact) mass is 217 g/mol. The first kappa shape index (κ1) is 9.85. The zero-order valence-corrected chi connectivity index (χ0v) is 9.38. The molecule has 0 unspecified atom stereocenters. The highest BCUT2D eigenvalue weighted by Crippen LogP contribution is 2.43. The first-order valence-corrected chi connectivity index (χ1v) is 5.72. The lowest BCUT2D eigenvalue weighted by Gasteiger charge is -2.41. The molecular weight excluding hydrogens is 202 g/mol. The van der Waals surface area contributed by atoms with Gasteiger partial charge in [0.2, 0.25) is 0 Å². The van der Waals surface area contributed by atoms with E-state index in [0.717, 1.165) is 19.4 Å². The van der Waals surface area contributed by atoms with Gasteiger partial charge < -0.3 is 10.1 Å². The lowest BCUT2D eigenvalue weighted by atomic mass is 9.82. The van der Waals surface area contributed by atoms with Gasteiger partial charge in [0.05, 0.1) is 12.7 Å². The molecular formula is C13H15NO2. The van der Waals surface area contributed by atoms with E-state index in [4.69, 9.17) is 4.74 Å². The minimum atomic E-state index is -0.246. The Bertz CT molecular complexity index is 449. The summed E-state index contributed by atoms with van der Waals surface area (Å²) in [5.74, 6) is -0.246. The predicted molar refractivity (Wildman–Crippen MR) is 60.4 cm³/mol. The molecule has 1 heterocycles. The topological polar surface area (TPSA) is 38.3 Å². The summed E-state index contributed by atoms with van der Waals surface area (Å²) in [5, 5.41) is 3.51. The number of hydrogen-bond donors (Lipinski definition) is 1. The molecule has 1 spiro atoms. The van der Waals surface area contributed by atoms with Gasteiger partial charge in [-0.15, -0.1) is 0 Å². The lowest BCUT2D eigenvalue weighted by molar-refractivity contribution is 0.0600. The van der Waals surface area contributed by atoms with Gasteiger partial charge in [-0.1, -0.05) is 6.07 Å². The van der Waals surface area contributed by atoms with Gasteiger partial charge in [0.25, 0.3) is 0 Å². The average Bonchev–Trinajstić information content (AvgIpc) is 2.66. The Hall–Kier alpha value is -1.35. The van der Waals surface area contributed by atoms with Crippen molar-refractivity contribution in [2.45, 2.75) is 24.8 Å². The summed E-state index contributed by atoms with van der Waals surface area (Å²) in [5.41, 5.74) is 3.51. The summed E-state index contributed by atoms with van der Waals surface area (Å²) in [6.45, 7) is 1.09. The first-order valence-electron chi connectivity index (χ1n) is 5.72. The molecule has 0 bridgehead atoms. The van der Waals surface area contributed by atoms with E-state index in [1.54, 1.807) is 0 Å². The number of carbonyl (C=O) groups is 1. The number of ether oxygens (including phenoxy) is 1. The average molecular weight is 217 g/mol. The fourth-order valence-corrected chi connectivity index (χ4v) is 2.84. The molecule has 84 valence electrons. The molecule has 1 N–H and O–H groups in total. The van der Waals surface area contributed by atoms with E-state index < -0.39 is 0 Å². The molecule has 16 heavy (non-hydrogen) atoms. The number of benzene rings is 1. The summed E-state index contributed by atoms with van der Waals surface area (Å²) in [4.78, 5) is 11.5. The van der Waals surface area contributed by atoms with Gasteiger partial charge in [-0.2, -0.15) is 0 Å². The summed E-state index contributed by atoms with van der Waals surface area (Å²) in [6.07, 6.45) is 3.46. The standard InChI is InChI=1S/C13H15NO2/c1-16-12(15)10-3-2-9-4-5-13(6-7-14-13)11(9)8-10/h2-3,8,14H,4-7H2,1H3/t13-/m1/s1. The van der Waals surface area contributed by atoms with Crippen LogP contribution in [0, 0.1) is 0 Å². The van der Waals surface area contributed by atoms with Crippen LogP contribution in [-0.2, 0) is 16.7 Å². The Labute approximate surface area is 94.8 Å². The molecule has 1 saturated heterocycles. The van der Waals surface area contributed by atoms with Crippen LogP contribution >= 0.6 is 0 Å². The minimum Gasteiger partial charge on any atom is -0.465 e. The smallest absolute Gasteiger partial charge is 0.337 e. The molecule has 0 amide bonds. The molecule has 0 saturated carbocycles. The van der Waals surface area contributed by atoms with Gasteiger partial charge >= 0.3 is 5.97 Å². The van der Waals surface area contributed by atoms with Crippen molar-refractivity contribution in [3.63, 3.8) is 0 Å². The van der Waals surface area contributed by atoms with E-state index in [9.17, 15) is 4.79 Å². The zero-order chi connectivity index (χ0) is 11.2. The van der Waals surface area contributed by atoms with E-state index >= 15 is 0 Å². The van der Waals surface area contributed by atoms with E-state index in [1.807, 2.05) is 12.1 Å². The third kappa shape index (κ3) is 1.21. The van der Waals surface area contributed by atoms with Gasteiger partial charge in [-0.3, -0.25) is 0 Å². The van der Waals surface area contributed by atoms with Crippen LogP contribution in [0.2, 0.25) is 0 Å². The molecule has 3 rings (SSSR count). The van der Waals surface area contributed by atoms with E-state index in [2.05, 4.69) is 11.4 Å². The number of esters is 1. The Kier molecular flexibility index (Phi) is 2.04. The highest BCUT2D eigenvalue weighted by atomic mass is 16.5. The van der Waals surface area contributed by atoms with Crippen molar-refractivity contribution in [2.24, 2.45) is 0 Å². The van der Waals surface area contributed by atoms with E-state index in [0.29, 0.717) is 5.56 Å². The van der Waals surface area contributed by atoms with Gasteiger partial charge in [-0.05, 0) is 49.1 Å². The molecule has 1 atom stereocenters. The number of nitrogens with one attached hydrogen (secondary N) is 1. The maximum Gasteiger partial charge on any atom is 0.337 e. The lowest BCUT2D eigenvalue weighted by Crippen LogP contribution is -2.52. The minimum absolute atomic E-state index is 0.166. The van der Waals surface area contributed by atoms with E-state index in [-0.39, 0.29) is 11.5 Å². The molecule has 1 fully saturated rings. The van der Waals surface area contributed by atoms with Gasteiger partial charge in [0, 0.05) is 5.54 Å². The number of aryl methyl sites for hydroxylation is 1. The number of hydrogen-bond acceptors (Lipinski definition) is 3. The van der Waals surface area contributed by atoms with Crippen LogP contribution in [0.4, 0.5) is 0 Å². The highest BCUT2D eigenvalue weighted by molar-refractivity contribution is 5.89. The first-order chi connectivity index (χ1) is 7.75. The SMILES string of the molecule is COC(=O)c1ccc2c(c1)[C@]1(CCN1)CC2. The zero-order valence-electron chi connectivity index (χ0n) is 9.38. The predicted octanol–water partition coefficient (Wildman–Crippen LogP) is 1.61. The van der Waals surface area contributed by atoms with Crippen LogP contribution in [0.3, 0.4) is 0 Å². The molecule has 0 radical (unpaired) electrons. The molecule has 1 aliphatic heterocycles. The summed E-state index contributed by atoms with van der Waals surface area (Å²) in [6, 6.07) is 5.93. The third-order valence-electron chi connectivity index (χ3n) is 3.88.